The molecule has 15 heavy (non-hydrogen) atoms. The molecule has 2 heterocycles. The molecule has 2 rings (SSSR count). The summed E-state index contributed by atoms with van der Waals surface area (Å²) in [5, 5.41) is 1.08. The van der Waals surface area contributed by atoms with Gasteiger partial charge in [-0.15, -0.1) is 11.8 Å². The van der Waals surface area contributed by atoms with E-state index in [2.05, 4.69) is 22.0 Å². The molecule has 0 radical (unpaired) electrons. The highest BCUT2D eigenvalue weighted by molar-refractivity contribution is 7.98. The summed E-state index contributed by atoms with van der Waals surface area (Å²) < 4.78 is 5.34. The van der Waals surface area contributed by atoms with Crippen molar-refractivity contribution in [1.29, 1.82) is 0 Å². The number of pyridine rings is 1. The zero-order chi connectivity index (χ0) is 10.7. The molecule has 0 spiro atoms. The number of rotatable bonds is 3. The minimum atomic E-state index is 0.365. The van der Waals surface area contributed by atoms with Gasteiger partial charge in [-0.3, -0.25) is 0 Å². The quantitative estimate of drug-likeness (QED) is 0.734. The molecule has 1 aliphatic rings. The standard InChI is InChI=1S/C11H16N2OS/c1-14-9-6-7-13(8-9)10-4-3-5-11(12-10)15-2/h3-5,9H,6-8H2,1-2H3. The number of anilines is 1. The van der Waals surface area contributed by atoms with Crippen LogP contribution in [0.5, 0.6) is 0 Å². The Hall–Kier alpha value is -0.740. The van der Waals surface area contributed by atoms with Gasteiger partial charge in [0.05, 0.1) is 11.1 Å². The first-order chi connectivity index (χ1) is 7.33. The smallest absolute Gasteiger partial charge is 0.129 e. The second-order valence-corrected chi connectivity index (χ2v) is 4.46. The molecular formula is C11H16N2OS. The molecule has 0 amide bonds. The minimum absolute atomic E-state index is 0.365. The Balaban J connectivity index is 2.09. The van der Waals surface area contributed by atoms with Crippen molar-refractivity contribution in [2.45, 2.75) is 17.6 Å². The van der Waals surface area contributed by atoms with Gasteiger partial charge in [0.15, 0.2) is 0 Å². The van der Waals surface area contributed by atoms with Crippen LogP contribution in [0.15, 0.2) is 23.2 Å². The van der Waals surface area contributed by atoms with Gasteiger partial charge in [0, 0.05) is 20.2 Å². The summed E-state index contributed by atoms with van der Waals surface area (Å²) in [6.07, 6.45) is 3.51. The van der Waals surface area contributed by atoms with E-state index >= 15 is 0 Å². The lowest BCUT2D eigenvalue weighted by atomic mass is 10.3. The van der Waals surface area contributed by atoms with Crippen molar-refractivity contribution in [2.75, 3.05) is 31.4 Å². The highest BCUT2D eigenvalue weighted by Gasteiger charge is 2.22. The third-order valence-corrected chi connectivity index (χ3v) is 3.37. The Morgan fingerprint density at radius 2 is 2.40 bits per heavy atom. The molecule has 1 fully saturated rings. The van der Waals surface area contributed by atoms with Gasteiger partial charge in [0.2, 0.25) is 0 Å². The van der Waals surface area contributed by atoms with Crippen molar-refractivity contribution in [3.05, 3.63) is 18.2 Å². The van der Waals surface area contributed by atoms with Crippen molar-refractivity contribution in [3.8, 4) is 0 Å². The van der Waals surface area contributed by atoms with Gasteiger partial charge in [-0.05, 0) is 24.8 Å². The van der Waals surface area contributed by atoms with E-state index in [-0.39, 0.29) is 0 Å². The Bertz CT molecular complexity index is 332. The first-order valence-electron chi connectivity index (χ1n) is 5.12. The first kappa shape index (κ1) is 10.8. The molecule has 4 heteroatoms. The second kappa shape index (κ2) is 4.86. The van der Waals surface area contributed by atoms with E-state index in [1.54, 1.807) is 18.9 Å². The number of methoxy groups -OCH3 is 1. The number of aromatic nitrogens is 1. The van der Waals surface area contributed by atoms with E-state index < -0.39 is 0 Å². The minimum Gasteiger partial charge on any atom is -0.380 e. The summed E-state index contributed by atoms with van der Waals surface area (Å²) in [7, 11) is 1.78. The Labute approximate surface area is 94.8 Å². The maximum atomic E-state index is 5.34. The van der Waals surface area contributed by atoms with Crippen LogP contribution >= 0.6 is 11.8 Å². The predicted molar refractivity (Wildman–Crippen MR) is 63.6 cm³/mol. The van der Waals surface area contributed by atoms with Crippen molar-refractivity contribution in [1.82, 2.24) is 4.98 Å². The van der Waals surface area contributed by atoms with Crippen LogP contribution in [0.4, 0.5) is 5.82 Å². The Morgan fingerprint density at radius 3 is 3.07 bits per heavy atom. The maximum absolute atomic E-state index is 5.34. The van der Waals surface area contributed by atoms with Crippen LogP contribution in [-0.4, -0.2) is 37.5 Å². The largest absolute Gasteiger partial charge is 0.380 e. The maximum Gasteiger partial charge on any atom is 0.129 e. The number of nitrogens with zero attached hydrogens (tertiary/aromatic N) is 2. The zero-order valence-electron chi connectivity index (χ0n) is 9.14. The van der Waals surface area contributed by atoms with Gasteiger partial charge in [0.25, 0.3) is 0 Å². The fourth-order valence-electron chi connectivity index (χ4n) is 1.82. The third kappa shape index (κ3) is 2.44. The number of hydrogen-bond acceptors (Lipinski definition) is 4. The summed E-state index contributed by atoms with van der Waals surface area (Å²) >= 11 is 1.68. The monoisotopic (exact) mass is 224 g/mol. The fraction of sp³-hybridized carbons (Fsp3) is 0.545. The molecule has 0 N–H and O–H groups in total. The van der Waals surface area contributed by atoms with Crippen LogP contribution in [-0.2, 0) is 4.74 Å². The number of thioether (sulfide) groups is 1. The van der Waals surface area contributed by atoms with Gasteiger partial charge in [0.1, 0.15) is 5.82 Å². The van der Waals surface area contributed by atoms with Crippen LogP contribution in [0.25, 0.3) is 0 Å². The molecule has 1 aromatic heterocycles. The van der Waals surface area contributed by atoms with Crippen molar-refractivity contribution >= 4 is 17.6 Å². The highest BCUT2D eigenvalue weighted by atomic mass is 32.2. The van der Waals surface area contributed by atoms with Gasteiger partial charge in [-0.1, -0.05) is 6.07 Å². The molecule has 0 saturated carbocycles. The molecule has 1 atom stereocenters. The summed E-state index contributed by atoms with van der Waals surface area (Å²) in [6, 6.07) is 6.17. The molecule has 1 unspecified atom stereocenters. The van der Waals surface area contributed by atoms with Crippen molar-refractivity contribution in [3.63, 3.8) is 0 Å². The summed E-state index contributed by atoms with van der Waals surface area (Å²) in [5.41, 5.74) is 0. The molecular weight excluding hydrogens is 208 g/mol. The molecule has 1 saturated heterocycles. The average molecular weight is 224 g/mol. The normalized spacial score (nSPS) is 20.9. The fourth-order valence-corrected chi connectivity index (χ4v) is 2.22. The molecule has 82 valence electrons. The van der Waals surface area contributed by atoms with Crippen LogP contribution in [0, 0.1) is 0 Å². The summed E-state index contributed by atoms with van der Waals surface area (Å²) in [6.45, 7) is 2.00. The van der Waals surface area contributed by atoms with Gasteiger partial charge in [-0.2, -0.15) is 0 Å². The lowest BCUT2D eigenvalue weighted by Crippen LogP contribution is -2.23. The summed E-state index contributed by atoms with van der Waals surface area (Å²) in [5.74, 6) is 1.07. The van der Waals surface area contributed by atoms with E-state index in [1.165, 1.54) is 0 Å². The molecule has 0 bridgehead atoms. The first-order valence-corrected chi connectivity index (χ1v) is 6.34. The van der Waals surface area contributed by atoms with Crippen molar-refractivity contribution in [2.24, 2.45) is 0 Å². The van der Waals surface area contributed by atoms with Gasteiger partial charge in [-0.25, -0.2) is 4.98 Å². The summed E-state index contributed by atoms with van der Waals surface area (Å²) in [4.78, 5) is 6.86. The van der Waals surface area contributed by atoms with E-state index in [1.807, 2.05) is 12.3 Å². The van der Waals surface area contributed by atoms with Crippen LogP contribution in [0.2, 0.25) is 0 Å². The lowest BCUT2D eigenvalue weighted by molar-refractivity contribution is 0.121. The molecule has 0 aliphatic carbocycles. The molecule has 0 aromatic carbocycles. The van der Waals surface area contributed by atoms with Gasteiger partial charge >= 0.3 is 0 Å². The predicted octanol–water partition coefficient (Wildman–Crippen LogP) is 2.03. The molecule has 1 aromatic rings. The van der Waals surface area contributed by atoms with Crippen LogP contribution in [0.3, 0.4) is 0 Å². The highest BCUT2D eigenvalue weighted by Crippen LogP contribution is 2.22. The third-order valence-electron chi connectivity index (χ3n) is 2.72. The van der Waals surface area contributed by atoms with E-state index in [0.717, 1.165) is 30.4 Å². The Kier molecular flexibility index (Phi) is 3.49. The topological polar surface area (TPSA) is 25.4 Å². The SMILES string of the molecule is COC1CCN(c2cccc(SC)n2)C1. The van der Waals surface area contributed by atoms with Crippen LogP contribution in [0.1, 0.15) is 6.42 Å². The van der Waals surface area contributed by atoms with Crippen LogP contribution < -0.4 is 4.90 Å². The van der Waals surface area contributed by atoms with Crippen molar-refractivity contribution < 1.29 is 4.74 Å². The lowest BCUT2D eigenvalue weighted by Gasteiger charge is -2.17. The van der Waals surface area contributed by atoms with E-state index in [0.29, 0.717) is 6.10 Å². The second-order valence-electron chi connectivity index (χ2n) is 3.63. The Morgan fingerprint density at radius 1 is 1.53 bits per heavy atom. The van der Waals surface area contributed by atoms with E-state index in [9.17, 15) is 0 Å². The van der Waals surface area contributed by atoms with Gasteiger partial charge < -0.3 is 9.64 Å². The zero-order valence-corrected chi connectivity index (χ0v) is 9.96. The molecule has 1 aliphatic heterocycles. The number of ether oxygens (including phenoxy) is 1. The average Bonchev–Trinajstić information content (AvgIpc) is 2.78. The molecule has 3 nitrogen and oxygen atoms in total. The van der Waals surface area contributed by atoms with E-state index in [4.69, 9.17) is 4.74 Å². The number of hydrogen-bond donors (Lipinski definition) is 0.